The van der Waals surface area contributed by atoms with Gasteiger partial charge >= 0.3 is 0 Å². The molecule has 0 amide bonds. The molecule has 1 rings (SSSR count). The zero-order valence-electron chi connectivity index (χ0n) is 11.1. The first-order chi connectivity index (χ1) is 7.69. The van der Waals surface area contributed by atoms with Gasteiger partial charge in [-0.3, -0.25) is 4.68 Å². The fourth-order valence-corrected chi connectivity index (χ4v) is 2.17. The molecule has 1 unspecified atom stereocenters. The molecule has 0 radical (unpaired) electrons. The van der Waals surface area contributed by atoms with Crippen molar-refractivity contribution >= 4 is 0 Å². The van der Waals surface area contributed by atoms with E-state index in [4.69, 9.17) is 0 Å². The Hall–Kier alpha value is -0.830. The predicted molar refractivity (Wildman–Crippen MR) is 68.5 cm³/mol. The molecule has 0 spiro atoms. The van der Waals surface area contributed by atoms with Gasteiger partial charge < -0.3 is 5.32 Å². The number of rotatable bonds is 7. The molecular formula is C13H25N3. The summed E-state index contributed by atoms with van der Waals surface area (Å²) < 4.78 is 1.91. The van der Waals surface area contributed by atoms with E-state index >= 15 is 0 Å². The molecule has 1 aromatic heterocycles. The van der Waals surface area contributed by atoms with Gasteiger partial charge in [0, 0.05) is 24.8 Å². The van der Waals surface area contributed by atoms with Crippen LogP contribution in [0, 0.1) is 6.92 Å². The van der Waals surface area contributed by atoms with Crippen LogP contribution in [0.25, 0.3) is 0 Å². The van der Waals surface area contributed by atoms with E-state index in [1.807, 2.05) is 11.7 Å². The number of hydrogen-bond donors (Lipinski definition) is 1. The van der Waals surface area contributed by atoms with E-state index in [9.17, 15) is 0 Å². The van der Waals surface area contributed by atoms with Gasteiger partial charge in [-0.05, 0) is 19.9 Å². The van der Waals surface area contributed by atoms with Crippen molar-refractivity contribution in [1.82, 2.24) is 15.1 Å². The largest absolute Gasteiger partial charge is 0.310 e. The number of aryl methyl sites for hydroxylation is 2. The van der Waals surface area contributed by atoms with Crippen LogP contribution in [0.2, 0.25) is 0 Å². The highest BCUT2D eigenvalue weighted by Crippen LogP contribution is 2.22. The highest BCUT2D eigenvalue weighted by molar-refractivity contribution is 5.19. The molecule has 0 aromatic carbocycles. The van der Waals surface area contributed by atoms with E-state index in [-0.39, 0.29) is 0 Å². The molecule has 1 N–H and O–H groups in total. The first-order valence-corrected chi connectivity index (χ1v) is 6.42. The van der Waals surface area contributed by atoms with Crippen molar-refractivity contribution < 1.29 is 0 Å². The maximum atomic E-state index is 4.42. The van der Waals surface area contributed by atoms with Gasteiger partial charge in [-0.25, -0.2) is 0 Å². The smallest absolute Gasteiger partial charge is 0.0641 e. The number of nitrogens with zero attached hydrogens (tertiary/aromatic N) is 2. The van der Waals surface area contributed by atoms with Crippen molar-refractivity contribution in [2.75, 3.05) is 6.54 Å². The van der Waals surface area contributed by atoms with Gasteiger partial charge in [0.2, 0.25) is 0 Å². The van der Waals surface area contributed by atoms with Gasteiger partial charge in [0.05, 0.1) is 5.69 Å². The topological polar surface area (TPSA) is 29.9 Å². The lowest BCUT2D eigenvalue weighted by atomic mass is 10.0. The minimum atomic E-state index is 0.477. The third-order valence-corrected chi connectivity index (χ3v) is 2.97. The average molecular weight is 223 g/mol. The van der Waals surface area contributed by atoms with Crippen molar-refractivity contribution in [2.45, 2.75) is 52.5 Å². The Morgan fingerprint density at radius 3 is 2.62 bits per heavy atom. The van der Waals surface area contributed by atoms with Crippen LogP contribution in [0.4, 0.5) is 0 Å². The van der Waals surface area contributed by atoms with Gasteiger partial charge in [-0.15, -0.1) is 0 Å². The molecule has 3 heteroatoms. The summed E-state index contributed by atoms with van der Waals surface area (Å²) in [7, 11) is 1.99. The molecule has 0 aliphatic heterocycles. The SMILES string of the molecule is CCCCCC(NCC)c1cn(C)nc1C. The van der Waals surface area contributed by atoms with Crippen LogP contribution in [-0.4, -0.2) is 16.3 Å². The summed E-state index contributed by atoms with van der Waals surface area (Å²) in [5.41, 5.74) is 2.52. The van der Waals surface area contributed by atoms with Gasteiger partial charge in [0.25, 0.3) is 0 Å². The summed E-state index contributed by atoms with van der Waals surface area (Å²) in [4.78, 5) is 0. The Bertz CT molecular complexity index is 304. The lowest BCUT2D eigenvalue weighted by Gasteiger charge is -2.17. The van der Waals surface area contributed by atoms with Crippen LogP contribution in [0.5, 0.6) is 0 Å². The molecule has 0 aliphatic carbocycles. The highest BCUT2D eigenvalue weighted by atomic mass is 15.3. The molecule has 0 fully saturated rings. The van der Waals surface area contributed by atoms with Crippen LogP contribution in [-0.2, 0) is 7.05 Å². The van der Waals surface area contributed by atoms with Crippen LogP contribution in [0.15, 0.2) is 6.20 Å². The molecule has 1 aromatic rings. The summed E-state index contributed by atoms with van der Waals surface area (Å²) in [5, 5.41) is 7.98. The molecule has 0 saturated heterocycles. The van der Waals surface area contributed by atoms with E-state index in [0.717, 1.165) is 12.2 Å². The van der Waals surface area contributed by atoms with E-state index in [1.165, 1.54) is 31.2 Å². The van der Waals surface area contributed by atoms with Crippen molar-refractivity contribution in [1.29, 1.82) is 0 Å². The first-order valence-electron chi connectivity index (χ1n) is 6.42. The highest BCUT2D eigenvalue weighted by Gasteiger charge is 2.14. The van der Waals surface area contributed by atoms with Crippen molar-refractivity contribution in [3.05, 3.63) is 17.5 Å². The number of unbranched alkanes of at least 4 members (excludes halogenated alkanes) is 2. The van der Waals surface area contributed by atoms with E-state index in [1.54, 1.807) is 0 Å². The van der Waals surface area contributed by atoms with E-state index < -0.39 is 0 Å². The van der Waals surface area contributed by atoms with Crippen LogP contribution >= 0.6 is 0 Å². The summed E-state index contributed by atoms with van der Waals surface area (Å²) in [6.45, 7) is 7.53. The molecule has 1 heterocycles. The molecule has 0 bridgehead atoms. The number of aromatic nitrogens is 2. The Balaban J connectivity index is 2.64. The van der Waals surface area contributed by atoms with Gasteiger partial charge in [-0.2, -0.15) is 5.10 Å². The first kappa shape index (κ1) is 13.2. The summed E-state index contributed by atoms with van der Waals surface area (Å²) in [6.07, 6.45) is 7.26. The minimum Gasteiger partial charge on any atom is -0.310 e. The van der Waals surface area contributed by atoms with Crippen LogP contribution < -0.4 is 5.32 Å². The molecule has 0 aliphatic rings. The fraction of sp³-hybridized carbons (Fsp3) is 0.769. The van der Waals surface area contributed by atoms with Crippen LogP contribution in [0.3, 0.4) is 0 Å². The third-order valence-electron chi connectivity index (χ3n) is 2.97. The van der Waals surface area contributed by atoms with Crippen molar-refractivity contribution in [2.24, 2.45) is 7.05 Å². The Labute approximate surface area is 99.2 Å². The van der Waals surface area contributed by atoms with Gasteiger partial charge in [0.15, 0.2) is 0 Å². The standard InChI is InChI=1S/C13H25N3/c1-5-7-8-9-13(14-6-2)12-10-16(4)15-11(12)3/h10,13-14H,5-9H2,1-4H3. The lowest BCUT2D eigenvalue weighted by Crippen LogP contribution is -2.21. The summed E-state index contributed by atoms with van der Waals surface area (Å²) in [6, 6.07) is 0.477. The summed E-state index contributed by atoms with van der Waals surface area (Å²) in [5.74, 6) is 0. The maximum Gasteiger partial charge on any atom is 0.0641 e. The Morgan fingerprint density at radius 2 is 2.12 bits per heavy atom. The molecule has 3 nitrogen and oxygen atoms in total. The zero-order chi connectivity index (χ0) is 12.0. The van der Waals surface area contributed by atoms with E-state index in [2.05, 4.69) is 37.4 Å². The summed E-state index contributed by atoms with van der Waals surface area (Å²) >= 11 is 0. The Morgan fingerprint density at radius 1 is 1.38 bits per heavy atom. The second kappa shape index (κ2) is 6.69. The lowest BCUT2D eigenvalue weighted by molar-refractivity contribution is 0.485. The normalized spacial score (nSPS) is 13.0. The molecule has 92 valence electrons. The second-order valence-corrected chi connectivity index (χ2v) is 4.45. The van der Waals surface area contributed by atoms with Gasteiger partial charge in [-0.1, -0.05) is 33.1 Å². The predicted octanol–water partition coefficient (Wildman–Crippen LogP) is 2.96. The fourth-order valence-electron chi connectivity index (χ4n) is 2.17. The average Bonchev–Trinajstić information content (AvgIpc) is 2.57. The van der Waals surface area contributed by atoms with Gasteiger partial charge in [0.1, 0.15) is 0 Å². The van der Waals surface area contributed by atoms with Crippen molar-refractivity contribution in [3.8, 4) is 0 Å². The third kappa shape index (κ3) is 3.63. The second-order valence-electron chi connectivity index (χ2n) is 4.45. The van der Waals surface area contributed by atoms with Crippen LogP contribution in [0.1, 0.15) is 56.8 Å². The monoisotopic (exact) mass is 223 g/mol. The van der Waals surface area contributed by atoms with Crippen molar-refractivity contribution in [3.63, 3.8) is 0 Å². The van der Waals surface area contributed by atoms with E-state index in [0.29, 0.717) is 6.04 Å². The maximum absolute atomic E-state index is 4.42. The quantitative estimate of drug-likeness (QED) is 0.720. The number of nitrogens with one attached hydrogen (secondary N) is 1. The number of hydrogen-bond acceptors (Lipinski definition) is 2. The minimum absolute atomic E-state index is 0.477. The molecular weight excluding hydrogens is 198 g/mol. The molecule has 0 saturated carbocycles. The molecule has 16 heavy (non-hydrogen) atoms. The zero-order valence-corrected chi connectivity index (χ0v) is 11.1. The Kier molecular flexibility index (Phi) is 5.53. The molecule has 1 atom stereocenters.